The van der Waals surface area contributed by atoms with Crippen molar-refractivity contribution in [3.8, 4) is 0 Å². The lowest BCUT2D eigenvalue weighted by atomic mass is 9.77. The fraction of sp³-hybridized carbons (Fsp3) is 0.923. The van der Waals surface area contributed by atoms with Gasteiger partial charge in [-0.3, -0.25) is 4.79 Å². The molecule has 1 heterocycles. The SMILES string of the molecule is CN1CCN(CCCNC(=O)C2(N)CCC2)CC1. The standard InChI is InChI=1S/C13H26N4O/c1-16-8-10-17(11-9-16)7-3-6-15-12(18)13(14)4-2-5-13/h2-11,14H2,1H3,(H,15,18). The molecule has 0 aromatic carbocycles. The zero-order valence-electron chi connectivity index (χ0n) is 11.5. The molecule has 5 nitrogen and oxygen atoms in total. The van der Waals surface area contributed by atoms with Crippen LogP contribution in [0.4, 0.5) is 0 Å². The zero-order valence-corrected chi connectivity index (χ0v) is 11.5. The van der Waals surface area contributed by atoms with E-state index in [1.54, 1.807) is 0 Å². The van der Waals surface area contributed by atoms with Gasteiger partial charge in [0.25, 0.3) is 0 Å². The average molecular weight is 254 g/mol. The minimum Gasteiger partial charge on any atom is -0.354 e. The number of carbonyl (C=O) groups excluding carboxylic acids is 1. The molecule has 0 unspecified atom stereocenters. The predicted molar refractivity (Wildman–Crippen MR) is 72.3 cm³/mol. The van der Waals surface area contributed by atoms with Crippen molar-refractivity contribution in [3.63, 3.8) is 0 Å². The highest BCUT2D eigenvalue weighted by Crippen LogP contribution is 2.28. The second-order valence-corrected chi connectivity index (χ2v) is 5.76. The smallest absolute Gasteiger partial charge is 0.240 e. The summed E-state index contributed by atoms with van der Waals surface area (Å²) in [4.78, 5) is 16.6. The molecule has 1 aliphatic carbocycles. The van der Waals surface area contributed by atoms with Crippen molar-refractivity contribution in [2.24, 2.45) is 5.73 Å². The Morgan fingerprint density at radius 1 is 1.28 bits per heavy atom. The van der Waals surface area contributed by atoms with Crippen LogP contribution >= 0.6 is 0 Å². The Kier molecular flexibility index (Phi) is 4.59. The maximum absolute atomic E-state index is 11.8. The van der Waals surface area contributed by atoms with E-state index < -0.39 is 5.54 Å². The fourth-order valence-corrected chi connectivity index (χ4v) is 2.54. The van der Waals surface area contributed by atoms with E-state index in [0.717, 1.165) is 65.0 Å². The number of carbonyl (C=O) groups is 1. The molecule has 3 N–H and O–H groups in total. The second-order valence-electron chi connectivity index (χ2n) is 5.76. The zero-order chi connectivity index (χ0) is 13.0. The van der Waals surface area contributed by atoms with Crippen molar-refractivity contribution < 1.29 is 4.79 Å². The van der Waals surface area contributed by atoms with Crippen LogP contribution in [0.2, 0.25) is 0 Å². The van der Waals surface area contributed by atoms with Gasteiger partial charge in [0.15, 0.2) is 0 Å². The van der Waals surface area contributed by atoms with E-state index in [1.165, 1.54) is 0 Å². The molecule has 0 bridgehead atoms. The van der Waals surface area contributed by atoms with E-state index in [4.69, 9.17) is 5.73 Å². The summed E-state index contributed by atoms with van der Waals surface area (Å²) in [7, 11) is 2.16. The summed E-state index contributed by atoms with van der Waals surface area (Å²) in [5.74, 6) is 0.0483. The predicted octanol–water partition coefficient (Wildman–Crippen LogP) is -0.378. The van der Waals surface area contributed by atoms with Crippen LogP contribution in [0, 0.1) is 0 Å². The van der Waals surface area contributed by atoms with Crippen LogP contribution in [0.5, 0.6) is 0 Å². The lowest BCUT2D eigenvalue weighted by molar-refractivity contribution is -0.129. The number of amides is 1. The Bertz CT molecular complexity index is 283. The van der Waals surface area contributed by atoms with Crippen molar-refractivity contribution in [1.82, 2.24) is 15.1 Å². The molecule has 1 aliphatic heterocycles. The third-order valence-electron chi connectivity index (χ3n) is 4.23. The minimum atomic E-state index is -0.548. The molecule has 2 aliphatic rings. The van der Waals surface area contributed by atoms with Crippen molar-refractivity contribution in [3.05, 3.63) is 0 Å². The number of rotatable bonds is 5. The van der Waals surface area contributed by atoms with E-state index >= 15 is 0 Å². The molecule has 18 heavy (non-hydrogen) atoms. The number of likely N-dealkylation sites (N-methyl/N-ethyl adjacent to an activating group) is 1. The molecular weight excluding hydrogens is 228 g/mol. The van der Waals surface area contributed by atoms with Gasteiger partial charge in [-0.2, -0.15) is 0 Å². The number of piperazine rings is 1. The molecule has 0 spiro atoms. The lowest BCUT2D eigenvalue weighted by Gasteiger charge is -2.36. The molecule has 0 atom stereocenters. The summed E-state index contributed by atoms with van der Waals surface area (Å²) < 4.78 is 0. The second kappa shape index (κ2) is 5.99. The van der Waals surface area contributed by atoms with E-state index in [9.17, 15) is 4.79 Å². The molecule has 0 aromatic rings. The quantitative estimate of drug-likeness (QED) is 0.657. The summed E-state index contributed by atoms with van der Waals surface area (Å²) in [5.41, 5.74) is 5.41. The first kappa shape index (κ1) is 13.8. The average Bonchev–Trinajstić information content (AvgIpc) is 2.33. The van der Waals surface area contributed by atoms with Gasteiger partial charge in [0.05, 0.1) is 5.54 Å². The van der Waals surface area contributed by atoms with Crippen molar-refractivity contribution >= 4 is 5.91 Å². The Morgan fingerprint density at radius 3 is 2.50 bits per heavy atom. The molecule has 0 aromatic heterocycles. The van der Waals surface area contributed by atoms with Crippen molar-refractivity contribution in [2.75, 3.05) is 46.3 Å². The first-order valence-corrected chi connectivity index (χ1v) is 7.08. The number of nitrogens with two attached hydrogens (primary N) is 1. The summed E-state index contributed by atoms with van der Waals surface area (Å²) in [5, 5.41) is 2.97. The van der Waals surface area contributed by atoms with Crippen LogP contribution in [0.3, 0.4) is 0 Å². The monoisotopic (exact) mass is 254 g/mol. The van der Waals surface area contributed by atoms with Crippen molar-refractivity contribution in [2.45, 2.75) is 31.2 Å². The van der Waals surface area contributed by atoms with Gasteiger partial charge < -0.3 is 20.9 Å². The molecule has 104 valence electrons. The Balaban J connectivity index is 1.54. The third-order valence-corrected chi connectivity index (χ3v) is 4.23. The van der Waals surface area contributed by atoms with Crippen LogP contribution < -0.4 is 11.1 Å². The van der Waals surface area contributed by atoms with E-state index in [-0.39, 0.29) is 5.91 Å². The van der Waals surface area contributed by atoms with E-state index in [0.29, 0.717) is 0 Å². The Hall–Kier alpha value is -0.650. The van der Waals surface area contributed by atoms with Crippen LogP contribution in [0.25, 0.3) is 0 Å². The van der Waals surface area contributed by atoms with Crippen LogP contribution in [-0.2, 0) is 4.79 Å². The maximum atomic E-state index is 11.8. The minimum absolute atomic E-state index is 0.0483. The largest absolute Gasteiger partial charge is 0.354 e. The van der Waals surface area contributed by atoms with Gasteiger partial charge in [-0.05, 0) is 39.3 Å². The van der Waals surface area contributed by atoms with Gasteiger partial charge in [-0.15, -0.1) is 0 Å². The topological polar surface area (TPSA) is 61.6 Å². The molecule has 1 amide bonds. The molecule has 0 radical (unpaired) electrons. The highest BCUT2D eigenvalue weighted by molar-refractivity contribution is 5.86. The Labute approximate surface area is 110 Å². The fourth-order valence-electron chi connectivity index (χ4n) is 2.54. The highest BCUT2D eigenvalue weighted by atomic mass is 16.2. The van der Waals surface area contributed by atoms with Crippen molar-refractivity contribution in [1.29, 1.82) is 0 Å². The molecular formula is C13H26N4O. The molecule has 1 saturated carbocycles. The normalized spacial score (nSPS) is 24.6. The highest BCUT2D eigenvalue weighted by Gasteiger charge is 2.39. The number of hydrogen-bond acceptors (Lipinski definition) is 4. The summed E-state index contributed by atoms with van der Waals surface area (Å²) in [6, 6.07) is 0. The molecule has 1 saturated heterocycles. The first-order valence-electron chi connectivity index (χ1n) is 7.08. The summed E-state index contributed by atoms with van der Waals surface area (Å²) >= 11 is 0. The number of hydrogen-bond donors (Lipinski definition) is 2. The van der Waals surface area contributed by atoms with Gasteiger partial charge in [-0.1, -0.05) is 0 Å². The van der Waals surface area contributed by atoms with Crippen LogP contribution in [0.1, 0.15) is 25.7 Å². The summed E-state index contributed by atoms with van der Waals surface area (Å²) in [6.07, 6.45) is 3.80. The van der Waals surface area contributed by atoms with Gasteiger partial charge in [0.1, 0.15) is 0 Å². The molecule has 5 heteroatoms. The molecule has 2 rings (SSSR count). The first-order chi connectivity index (χ1) is 8.60. The van der Waals surface area contributed by atoms with Gasteiger partial charge in [0.2, 0.25) is 5.91 Å². The van der Waals surface area contributed by atoms with Crippen LogP contribution in [0.15, 0.2) is 0 Å². The summed E-state index contributed by atoms with van der Waals surface area (Å²) in [6.45, 7) is 6.42. The van der Waals surface area contributed by atoms with Crippen LogP contribution in [-0.4, -0.2) is 67.6 Å². The lowest BCUT2D eigenvalue weighted by Crippen LogP contribution is -2.58. The van der Waals surface area contributed by atoms with Gasteiger partial charge in [-0.25, -0.2) is 0 Å². The van der Waals surface area contributed by atoms with E-state index in [1.807, 2.05) is 0 Å². The Morgan fingerprint density at radius 2 is 1.94 bits per heavy atom. The third kappa shape index (κ3) is 3.43. The number of nitrogens with one attached hydrogen (secondary N) is 1. The maximum Gasteiger partial charge on any atom is 0.240 e. The van der Waals surface area contributed by atoms with Gasteiger partial charge >= 0.3 is 0 Å². The van der Waals surface area contributed by atoms with Gasteiger partial charge in [0, 0.05) is 32.7 Å². The van der Waals surface area contributed by atoms with E-state index in [2.05, 4.69) is 22.2 Å². The molecule has 2 fully saturated rings. The number of nitrogens with zero attached hydrogens (tertiary/aromatic N) is 2.